The number of nitriles is 1. The van der Waals surface area contributed by atoms with Crippen molar-refractivity contribution in [2.75, 3.05) is 5.32 Å². The fourth-order valence-electron chi connectivity index (χ4n) is 2.34. The van der Waals surface area contributed by atoms with Gasteiger partial charge in [0.2, 0.25) is 15.9 Å². The molecule has 1 unspecified atom stereocenters. The van der Waals surface area contributed by atoms with Crippen LogP contribution in [0.15, 0.2) is 41.7 Å². The SMILES string of the molecule is CCc1ccncc1N/C(=N\C#N)NC(NC(=O)c1ccc(Cl)cc1F)C(Cl)(Cl)Cl. The van der Waals surface area contributed by atoms with E-state index in [0.717, 1.165) is 11.6 Å². The minimum Gasteiger partial charge on any atom is -0.331 e. The monoisotopic (exact) mass is 490 g/mol. The van der Waals surface area contributed by atoms with E-state index in [1.54, 1.807) is 18.5 Å². The molecule has 2 rings (SSSR count). The maximum Gasteiger partial charge on any atom is 0.255 e. The molecule has 1 aromatic carbocycles. The van der Waals surface area contributed by atoms with Gasteiger partial charge in [-0.2, -0.15) is 5.26 Å². The number of anilines is 1. The highest BCUT2D eigenvalue weighted by Crippen LogP contribution is 2.29. The van der Waals surface area contributed by atoms with Gasteiger partial charge in [0, 0.05) is 11.2 Å². The summed E-state index contributed by atoms with van der Waals surface area (Å²) in [6.45, 7) is 1.93. The summed E-state index contributed by atoms with van der Waals surface area (Å²) in [6, 6.07) is 5.29. The third-order valence-electron chi connectivity index (χ3n) is 3.77. The predicted molar refractivity (Wildman–Crippen MR) is 116 cm³/mol. The number of aryl methyl sites for hydroxylation is 1. The minimum atomic E-state index is -2.08. The molecule has 3 N–H and O–H groups in total. The molecule has 0 aliphatic heterocycles. The van der Waals surface area contributed by atoms with Crippen LogP contribution in [0.5, 0.6) is 0 Å². The molecular formula is C18H15Cl4FN6O. The second-order valence-electron chi connectivity index (χ2n) is 5.79. The van der Waals surface area contributed by atoms with Crippen molar-refractivity contribution in [3.63, 3.8) is 0 Å². The number of aromatic nitrogens is 1. The van der Waals surface area contributed by atoms with E-state index in [-0.39, 0.29) is 16.5 Å². The van der Waals surface area contributed by atoms with Crippen LogP contribution in [0.3, 0.4) is 0 Å². The molecule has 0 fully saturated rings. The molecule has 1 amide bonds. The van der Waals surface area contributed by atoms with Gasteiger partial charge >= 0.3 is 0 Å². The Balaban J connectivity index is 2.26. The third-order valence-corrected chi connectivity index (χ3v) is 4.66. The largest absolute Gasteiger partial charge is 0.331 e. The Morgan fingerprint density at radius 2 is 2.07 bits per heavy atom. The third kappa shape index (κ3) is 6.61. The lowest BCUT2D eigenvalue weighted by Gasteiger charge is -2.28. The summed E-state index contributed by atoms with van der Waals surface area (Å²) in [4.78, 5) is 20.1. The Labute approximate surface area is 192 Å². The number of hydrogen-bond donors (Lipinski definition) is 3. The van der Waals surface area contributed by atoms with Crippen LogP contribution in [0.4, 0.5) is 10.1 Å². The van der Waals surface area contributed by atoms with Crippen molar-refractivity contribution in [3.8, 4) is 6.19 Å². The van der Waals surface area contributed by atoms with E-state index < -0.39 is 21.7 Å². The van der Waals surface area contributed by atoms with E-state index in [0.29, 0.717) is 12.1 Å². The zero-order valence-corrected chi connectivity index (χ0v) is 18.4. The number of carbonyl (C=O) groups excluding carboxylic acids is 1. The maximum absolute atomic E-state index is 14.1. The normalized spacial score (nSPS) is 12.6. The average Bonchev–Trinajstić information content (AvgIpc) is 2.67. The molecule has 0 aliphatic rings. The fraction of sp³-hybridized carbons (Fsp3) is 0.222. The zero-order chi connectivity index (χ0) is 22.3. The number of hydrogen-bond acceptors (Lipinski definition) is 4. The molecule has 0 saturated carbocycles. The molecule has 0 bridgehead atoms. The number of alkyl halides is 3. The standard InChI is InChI=1S/C18H15Cl4FN6O/c1-2-10-5-6-25-8-14(10)27-17(26-9-24)29-16(18(20,21)22)28-15(30)12-4-3-11(19)7-13(12)23/h3-8,16H,2H2,1H3,(H,28,30)(H2,26,27,29). The minimum absolute atomic E-state index is 0.117. The number of aliphatic imine (C=N–C) groups is 1. The lowest BCUT2D eigenvalue weighted by atomic mass is 10.2. The van der Waals surface area contributed by atoms with Crippen LogP contribution in [0.2, 0.25) is 5.02 Å². The zero-order valence-electron chi connectivity index (χ0n) is 15.4. The molecule has 30 heavy (non-hydrogen) atoms. The van der Waals surface area contributed by atoms with Crippen molar-refractivity contribution < 1.29 is 9.18 Å². The van der Waals surface area contributed by atoms with Crippen molar-refractivity contribution in [2.24, 2.45) is 4.99 Å². The van der Waals surface area contributed by atoms with E-state index in [1.165, 1.54) is 18.3 Å². The Kier molecular flexibility index (Phi) is 8.50. The lowest BCUT2D eigenvalue weighted by Crippen LogP contribution is -2.56. The maximum atomic E-state index is 14.1. The highest BCUT2D eigenvalue weighted by atomic mass is 35.6. The van der Waals surface area contributed by atoms with E-state index in [9.17, 15) is 9.18 Å². The molecule has 158 valence electrons. The van der Waals surface area contributed by atoms with Crippen molar-refractivity contribution in [1.29, 1.82) is 5.26 Å². The van der Waals surface area contributed by atoms with Crippen LogP contribution in [-0.2, 0) is 6.42 Å². The first-order valence-corrected chi connectivity index (χ1v) is 9.92. The van der Waals surface area contributed by atoms with Gasteiger partial charge < -0.3 is 16.0 Å². The number of benzene rings is 1. The Morgan fingerprint density at radius 1 is 1.33 bits per heavy atom. The van der Waals surface area contributed by atoms with Gasteiger partial charge in [0.1, 0.15) is 12.0 Å². The van der Waals surface area contributed by atoms with E-state index in [2.05, 4.69) is 25.9 Å². The summed E-state index contributed by atoms with van der Waals surface area (Å²) < 4.78 is 12.0. The first-order valence-electron chi connectivity index (χ1n) is 8.41. The Morgan fingerprint density at radius 3 is 2.67 bits per heavy atom. The van der Waals surface area contributed by atoms with Crippen molar-refractivity contribution in [3.05, 3.63) is 58.6 Å². The Bertz CT molecular complexity index is 989. The van der Waals surface area contributed by atoms with Gasteiger partial charge in [-0.15, -0.1) is 4.99 Å². The van der Waals surface area contributed by atoms with Crippen LogP contribution in [0.1, 0.15) is 22.8 Å². The summed E-state index contributed by atoms with van der Waals surface area (Å²) in [6.07, 6.45) is 4.04. The first kappa shape index (κ1) is 24.0. The molecule has 0 aliphatic carbocycles. The number of pyridine rings is 1. The number of guanidine groups is 1. The summed E-state index contributed by atoms with van der Waals surface area (Å²) in [7, 11) is 0. The molecular weight excluding hydrogens is 477 g/mol. The number of amides is 1. The molecule has 0 radical (unpaired) electrons. The number of halogens is 5. The molecule has 0 saturated heterocycles. The van der Waals surface area contributed by atoms with E-state index >= 15 is 0 Å². The molecule has 2 aromatic rings. The number of nitrogens with one attached hydrogen (secondary N) is 3. The van der Waals surface area contributed by atoms with Gasteiger partial charge in [-0.3, -0.25) is 9.78 Å². The van der Waals surface area contributed by atoms with Crippen LogP contribution in [0.25, 0.3) is 0 Å². The highest BCUT2D eigenvalue weighted by molar-refractivity contribution is 6.68. The second-order valence-corrected chi connectivity index (χ2v) is 8.59. The molecule has 7 nitrogen and oxygen atoms in total. The highest BCUT2D eigenvalue weighted by Gasteiger charge is 2.35. The number of nitrogens with zero attached hydrogens (tertiary/aromatic N) is 3. The van der Waals surface area contributed by atoms with Crippen molar-refractivity contribution in [1.82, 2.24) is 15.6 Å². The van der Waals surface area contributed by atoms with Gasteiger partial charge in [0.15, 0.2) is 0 Å². The van der Waals surface area contributed by atoms with E-state index in [1.807, 2.05) is 6.92 Å². The van der Waals surface area contributed by atoms with Crippen molar-refractivity contribution in [2.45, 2.75) is 23.3 Å². The van der Waals surface area contributed by atoms with Crippen molar-refractivity contribution >= 4 is 64.0 Å². The Hall–Kier alpha value is -2.31. The van der Waals surface area contributed by atoms with Gasteiger partial charge in [-0.05, 0) is 36.2 Å². The topological polar surface area (TPSA) is 102 Å². The number of carbonyl (C=O) groups is 1. The number of rotatable bonds is 5. The molecule has 0 spiro atoms. The van der Waals surface area contributed by atoms with Gasteiger partial charge in [0.25, 0.3) is 5.91 Å². The predicted octanol–water partition coefficient (Wildman–Crippen LogP) is 4.40. The fourth-order valence-corrected chi connectivity index (χ4v) is 2.82. The van der Waals surface area contributed by atoms with Crippen LogP contribution in [-0.4, -0.2) is 26.8 Å². The van der Waals surface area contributed by atoms with Crippen LogP contribution < -0.4 is 16.0 Å². The van der Waals surface area contributed by atoms with E-state index in [4.69, 9.17) is 51.7 Å². The quantitative estimate of drug-likeness (QED) is 0.189. The smallest absolute Gasteiger partial charge is 0.255 e. The first-order chi connectivity index (χ1) is 14.2. The van der Waals surface area contributed by atoms with Crippen LogP contribution in [0, 0.1) is 17.3 Å². The summed E-state index contributed by atoms with van der Waals surface area (Å²) in [5.41, 5.74) is 1.13. The summed E-state index contributed by atoms with van der Waals surface area (Å²) in [5.74, 6) is -1.84. The summed E-state index contributed by atoms with van der Waals surface area (Å²) in [5, 5.41) is 17.0. The molecule has 1 heterocycles. The van der Waals surface area contributed by atoms with Gasteiger partial charge in [-0.25, -0.2) is 4.39 Å². The molecule has 1 aromatic heterocycles. The van der Waals surface area contributed by atoms with Gasteiger partial charge in [-0.1, -0.05) is 53.3 Å². The van der Waals surface area contributed by atoms with Crippen LogP contribution >= 0.6 is 46.4 Å². The summed E-state index contributed by atoms with van der Waals surface area (Å²) >= 11 is 23.6. The lowest BCUT2D eigenvalue weighted by molar-refractivity contribution is 0.0930. The molecule has 12 heteroatoms. The average molecular weight is 492 g/mol. The van der Waals surface area contributed by atoms with Gasteiger partial charge in [0.05, 0.1) is 17.4 Å². The molecule has 1 atom stereocenters. The second kappa shape index (κ2) is 10.6.